The van der Waals surface area contributed by atoms with Crippen molar-refractivity contribution in [1.82, 2.24) is 10.3 Å². The van der Waals surface area contributed by atoms with Crippen molar-refractivity contribution < 1.29 is 9.53 Å². The molecule has 0 fully saturated rings. The summed E-state index contributed by atoms with van der Waals surface area (Å²) in [6, 6.07) is 12.1. The Morgan fingerprint density at radius 1 is 1.16 bits per heavy atom. The zero-order valence-electron chi connectivity index (χ0n) is 13.0. The van der Waals surface area contributed by atoms with Crippen LogP contribution in [0.3, 0.4) is 0 Å². The highest BCUT2D eigenvalue weighted by Gasteiger charge is 2.08. The molecule has 3 rings (SSSR count). The van der Waals surface area contributed by atoms with Crippen LogP contribution in [0.1, 0.15) is 21.6 Å². The van der Waals surface area contributed by atoms with E-state index in [1.54, 1.807) is 48.0 Å². The van der Waals surface area contributed by atoms with Gasteiger partial charge in [-0.25, -0.2) is 4.98 Å². The van der Waals surface area contributed by atoms with E-state index in [9.17, 15) is 4.79 Å². The van der Waals surface area contributed by atoms with Crippen molar-refractivity contribution in [2.24, 2.45) is 0 Å². The quantitative estimate of drug-likeness (QED) is 0.644. The number of nitrogens with one attached hydrogen (secondary N) is 1. The Kier molecular flexibility index (Phi) is 5.91. The molecular formula is C18H14Cl2N2O2S. The molecular weight excluding hydrogens is 379 g/mol. The lowest BCUT2D eigenvalue weighted by molar-refractivity contribution is 0.0951. The van der Waals surface area contributed by atoms with Crippen molar-refractivity contribution >= 4 is 40.4 Å². The minimum atomic E-state index is -0.183. The first-order valence-corrected chi connectivity index (χ1v) is 9.14. The maximum Gasteiger partial charge on any atom is 0.251 e. The fourth-order valence-electron chi connectivity index (χ4n) is 2.11. The van der Waals surface area contributed by atoms with Gasteiger partial charge in [-0.05, 0) is 42.0 Å². The molecule has 2 aromatic carbocycles. The summed E-state index contributed by atoms with van der Waals surface area (Å²) < 4.78 is 5.62. The number of hydrogen-bond acceptors (Lipinski definition) is 4. The van der Waals surface area contributed by atoms with Gasteiger partial charge in [0, 0.05) is 27.5 Å². The lowest BCUT2D eigenvalue weighted by Crippen LogP contribution is -2.22. The Balaban J connectivity index is 1.55. The van der Waals surface area contributed by atoms with E-state index in [0.29, 0.717) is 34.5 Å². The fourth-order valence-corrected chi connectivity index (χ4v) is 3.13. The van der Waals surface area contributed by atoms with E-state index in [4.69, 9.17) is 27.9 Å². The van der Waals surface area contributed by atoms with Crippen molar-refractivity contribution in [1.29, 1.82) is 0 Å². The summed E-state index contributed by atoms with van der Waals surface area (Å²) in [5, 5.41) is 5.86. The van der Waals surface area contributed by atoms with Crippen LogP contribution in [0.15, 0.2) is 53.4 Å². The van der Waals surface area contributed by atoms with Gasteiger partial charge in [0.05, 0.1) is 11.2 Å². The third-order valence-corrected chi connectivity index (χ3v) is 4.66. The van der Waals surface area contributed by atoms with Crippen molar-refractivity contribution in [3.63, 3.8) is 0 Å². The van der Waals surface area contributed by atoms with E-state index in [2.05, 4.69) is 10.3 Å². The number of thiazole rings is 1. The fraction of sp³-hybridized carbons (Fsp3) is 0.111. The van der Waals surface area contributed by atoms with Gasteiger partial charge in [0.1, 0.15) is 12.4 Å². The highest BCUT2D eigenvalue weighted by Crippen LogP contribution is 2.21. The van der Waals surface area contributed by atoms with Crippen LogP contribution < -0.4 is 10.1 Å². The first-order valence-electron chi connectivity index (χ1n) is 7.44. The molecule has 0 saturated carbocycles. The Morgan fingerprint density at radius 3 is 2.64 bits per heavy atom. The van der Waals surface area contributed by atoms with Crippen LogP contribution in [-0.4, -0.2) is 10.9 Å². The number of aromatic nitrogens is 1. The highest BCUT2D eigenvalue weighted by molar-refractivity contribution is 7.07. The molecule has 128 valence electrons. The lowest BCUT2D eigenvalue weighted by Gasteiger charge is -2.08. The Labute approximate surface area is 159 Å². The Hall–Kier alpha value is -2.08. The van der Waals surface area contributed by atoms with Gasteiger partial charge in [-0.15, -0.1) is 11.3 Å². The number of ether oxygens (including phenoxy) is 1. The molecule has 1 N–H and O–H groups in total. The second-order valence-electron chi connectivity index (χ2n) is 5.21. The maximum atomic E-state index is 12.2. The topological polar surface area (TPSA) is 51.2 Å². The zero-order chi connectivity index (χ0) is 17.6. The molecule has 0 aliphatic rings. The highest BCUT2D eigenvalue weighted by atomic mass is 35.5. The van der Waals surface area contributed by atoms with Crippen LogP contribution in [0, 0.1) is 0 Å². The smallest absolute Gasteiger partial charge is 0.251 e. The van der Waals surface area contributed by atoms with Crippen LogP contribution >= 0.6 is 34.5 Å². The predicted octanol–water partition coefficient (Wildman–Crippen LogP) is 4.96. The second-order valence-corrected chi connectivity index (χ2v) is 6.77. The van der Waals surface area contributed by atoms with Gasteiger partial charge in [-0.3, -0.25) is 4.79 Å². The maximum absolute atomic E-state index is 12.2. The Morgan fingerprint density at radius 2 is 1.96 bits per heavy atom. The van der Waals surface area contributed by atoms with Crippen LogP contribution in [-0.2, 0) is 13.2 Å². The molecule has 4 nitrogen and oxygen atoms in total. The summed E-state index contributed by atoms with van der Waals surface area (Å²) in [6.45, 7) is 0.737. The van der Waals surface area contributed by atoms with Gasteiger partial charge >= 0.3 is 0 Å². The molecule has 1 heterocycles. The minimum Gasteiger partial charge on any atom is -0.487 e. The van der Waals surface area contributed by atoms with Gasteiger partial charge < -0.3 is 10.1 Å². The molecule has 0 bridgehead atoms. The van der Waals surface area contributed by atoms with E-state index in [1.807, 2.05) is 5.38 Å². The van der Waals surface area contributed by atoms with Crippen molar-refractivity contribution in [2.45, 2.75) is 13.2 Å². The molecule has 1 amide bonds. The van der Waals surface area contributed by atoms with Gasteiger partial charge in [-0.2, -0.15) is 0 Å². The van der Waals surface area contributed by atoms with Gasteiger partial charge in [-0.1, -0.05) is 29.3 Å². The van der Waals surface area contributed by atoms with Crippen LogP contribution in [0.25, 0.3) is 0 Å². The van der Waals surface area contributed by atoms with Gasteiger partial charge in [0.25, 0.3) is 5.91 Å². The minimum absolute atomic E-state index is 0.183. The van der Waals surface area contributed by atoms with Crippen LogP contribution in [0.4, 0.5) is 0 Å². The van der Waals surface area contributed by atoms with Gasteiger partial charge in [0.15, 0.2) is 0 Å². The normalized spacial score (nSPS) is 10.5. The molecule has 0 spiro atoms. The SMILES string of the molecule is O=C(NCc1ccc(Cl)cc1Cl)c1ccc(OCc2cscn2)cc1. The predicted molar refractivity (Wildman–Crippen MR) is 101 cm³/mol. The second kappa shape index (κ2) is 8.34. The monoisotopic (exact) mass is 392 g/mol. The molecule has 0 aliphatic heterocycles. The summed E-state index contributed by atoms with van der Waals surface area (Å²) >= 11 is 13.5. The van der Waals surface area contributed by atoms with E-state index in [1.165, 1.54) is 11.3 Å². The molecule has 0 aliphatic carbocycles. The molecule has 0 radical (unpaired) electrons. The van der Waals surface area contributed by atoms with E-state index >= 15 is 0 Å². The standard InChI is InChI=1S/C18H14Cl2N2O2S/c19-14-4-1-13(17(20)7-14)8-21-18(23)12-2-5-16(6-3-12)24-9-15-10-25-11-22-15/h1-7,10-11H,8-9H2,(H,21,23). The summed E-state index contributed by atoms with van der Waals surface area (Å²) in [6.07, 6.45) is 0. The number of hydrogen-bond donors (Lipinski definition) is 1. The molecule has 1 aromatic heterocycles. The Bertz CT molecular complexity index is 852. The van der Waals surface area contributed by atoms with E-state index in [-0.39, 0.29) is 5.91 Å². The molecule has 0 saturated heterocycles. The summed E-state index contributed by atoms with van der Waals surface area (Å²) in [7, 11) is 0. The third-order valence-electron chi connectivity index (χ3n) is 3.44. The summed E-state index contributed by atoms with van der Waals surface area (Å²) in [5.41, 5.74) is 4.00. The van der Waals surface area contributed by atoms with Crippen LogP contribution in [0.5, 0.6) is 5.75 Å². The van der Waals surface area contributed by atoms with Crippen molar-refractivity contribution in [3.05, 3.63) is 80.2 Å². The summed E-state index contributed by atoms with van der Waals surface area (Å²) in [4.78, 5) is 16.4. The number of amides is 1. The van der Waals surface area contributed by atoms with E-state index in [0.717, 1.165) is 11.3 Å². The lowest BCUT2D eigenvalue weighted by atomic mass is 10.2. The number of halogens is 2. The third kappa shape index (κ3) is 4.95. The number of benzene rings is 2. The molecule has 3 aromatic rings. The van der Waals surface area contributed by atoms with Crippen LogP contribution in [0.2, 0.25) is 10.0 Å². The number of carbonyl (C=O) groups excluding carboxylic acids is 1. The average Bonchev–Trinajstić information content (AvgIpc) is 3.13. The molecule has 0 unspecified atom stereocenters. The molecule has 0 atom stereocenters. The van der Waals surface area contributed by atoms with Crippen molar-refractivity contribution in [3.8, 4) is 5.75 Å². The largest absolute Gasteiger partial charge is 0.487 e. The first kappa shape index (κ1) is 17.7. The average molecular weight is 393 g/mol. The molecule has 25 heavy (non-hydrogen) atoms. The van der Waals surface area contributed by atoms with E-state index < -0.39 is 0 Å². The van der Waals surface area contributed by atoms with Crippen molar-refractivity contribution in [2.75, 3.05) is 0 Å². The number of nitrogens with zero attached hydrogens (tertiary/aromatic N) is 1. The first-order chi connectivity index (χ1) is 12.1. The summed E-state index contributed by atoms with van der Waals surface area (Å²) in [5.74, 6) is 0.502. The number of carbonyl (C=O) groups is 1. The van der Waals surface area contributed by atoms with Gasteiger partial charge in [0.2, 0.25) is 0 Å². The number of rotatable bonds is 6. The zero-order valence-corrected chi connectivity index (χ0v) is 15.4. The molecule has 7 heteroatoms.